The molecule has 0 aliphatic heterocycles. The second-order valence-electron chi connectivity index (χ2n) is 3.01. The van der Waals surface area contributed by atoms with Gasteiger partial charge in [0.25, 0.3) is 0 Å². The van der Waals surface area contributed by atoms with Crippen molar-refractivity contribution in [3.63, 3.8) is 0 Å². The van der Waals surface area contributed by atoms with Crippen LogP contribution >= 0.6 is 0 Å². The van der Waals surface area contributed by atoms with E-state index in [1.807, 2.05) is 0 Å². The summed E-state index contributed by atoms with van der Waals surface area (Å²) in [4.78, 5) is 0. The van der Waals surface area contributed by atoms with Gasteiger partial charge < -0.3 is 10.2 Å². The van der Waals surface area contributed by atoms with E-state index in [2.05, 4.69) is 19.1 Å². The Morgan fingerprint density at radius 3 is 2.50 bits per heavy atom. The molecule has 2 heteroatoms. The van der Waals surface area contributed by atoms with Crippen LogP contribution in [-0.4, -0.2) is 6.54 Å². The summed E-state index contributed by atoms with van der Waals surface area (Å²) in [5.41, 5.74) is 5.40. The highest BCUT2D eigenvalue weighted by Crippen LogP contribution is 2.11. The minimum atomic E-state index is 0.740. The number of furan rings is 1. The zero-order valence-corrected chi connectivity index (χ0v) is 7.68. The molecule has 0 amide bonds. The van der Waals surface area contributed by atoms with Crippen LogP contribution in [0.25, 0.3) is 0 Å². The molecule has 12 heavy (non-hydrogen) atoms. The molecule has 1 rings (SSSR count). The van der Waals surface area contributed by atoms with Crippen LogP contribution in [-0.2, 0) is 12.8 Å². The fourth-order valence-electron chi connectivity index (χ4n) is 1.21. The molecule has 0 spiro atoms. The van der Waals surface area contributed by atoms with Crippen molar-refractivity contribution in [3.05, 3.63) is 23.7 Å². The van der Waals surface area contributed by atoms with Crippen molar-refractivity contribution >= 4 is 0 Å². The zero-order valence-electron chi connectivity index (χ0n) is 7.68. The highest BCUT2D eigenvalue weighted by atomic mass is 16.3. The van der Waals surface area contributed by atoms with Gasteiger partial charge in [0.1, 0.15) is 11.5 Å². The summed E-state index contributed by atoms with van der Waals surface area (Å²) in [5, 5.41) is 0. The maximum atomic E-state index is 5.57. The van der Waals surface area contributed by atoms with E-state index in [0.29, 0.717) is 0 Å². The number of rotatable bonds is 5. The Morgan fingerprint density at radius 1 is 1.25 bits per heavy atom. The van der Waals surface area contributed by atoms with E-state index in [1.165, 1.54) is 0 Å². The molecular formula is C10H17NO. The van der Waals surface area contributed by atoms with Gasteiger partial charge in [-0.2, -0.15) is 0 Å². The van der Waals surface area contributed by atoms with Gasteiger partial charge in [0.2, 0.25) is 0 Å². The van der Waals surface area contributed by atoms with Crippen LogP contribution in [0.1, 0.15) is 31.3 Å². The number of nitrogens with two attached hydrogens (primary N) is 1. The maximum absolute atomic E-state index is 5.57. The van der Waals surface area contributed by atoms with Crippen LogP contribution in [0.4, 0.5) is 0 Å². The van der Waals surface area contributed by atoms with E-state index in [4.69, 9.17) is 10.2 Å². The Bertz CT molecular complexity index is 217. The second kappa shape index (κ2) is 4.99. The minimum absolute atomic E-state index is 0.740. The number of hydrogen-bond donors (Lipinski definition) is 1. The summed E-state index contributed by atoms with van der Waals surface area (Å²) in [5.74, 6) is 2.17. The largest absolute Gasteiger partial charge is 0.466 e. The fraction of sp³-hybridized carbons (Fsp3) is 0.600. The normalized spacial score (nSPS) is 10.5. The first-order valence-electron chi connectivity index (χ1n) is 4.64. The molecule has 0 atom stereocenters. The first-order chi connectivity index (χ1) is 5.86. The Morgan fingerprint density at radius 2 is 1.92 bits per heavy atom. The highest BCUT2D eigenvalue weighted by molar-refractivity contribution is 5.07. The Hall–Kier alpha value is -0.760. The Balaban J connectivity index is 2.41. The van der Waals surface area contributed by atoms with Crippen LogP contribution < -0.4 is 5.73 Å². The molecule has 2 nitrogen and oxygen atoms in total. The summed E-state index contributed by atoms with van der Waals surface area (Å²) in [6.45, 7) is 2.89. The van der Waals surface area contributed by atoms with Crippen LogP contribution in [0, 0.1) is 0 Å². The average molecular weight is 167 g/mol. The number of hydrogen-bond acceptors (Lipinski definition) is 2. The lowest BCUT2D eigenvalue weighted by Gasteiger charge is -1.94. The first kappa shape index (κ1) is 9.33. The fourth-order valence-corrected chi connectivity index (χ4v) is 1.21. The monoisotopic (exact) mass is 167 g/mol. The van der Waals surface area contributed by atoms with E-state index < -0.39 is 0 Å². The molecule has 0 saturated carbocycles. The smallest absolute Gasteiger partial charge is 0.104 e. The average Bonchev–Trinajstić information content (AvgIpc) is 2.50. The van der Waals surface area contributed by atoms with Crippen LogP contribution in [0.5, 0.6) is 0 Å². The summed E-state index contributed by atoms with van der Waals surface area (Å²) in [6.07, 6.45) is 4.17. The molecule has 1 heterocycles. The Kier molecular flexibility index (Phi) is 3.88. The van der Waals surface area contributed by atoms with Crippen molar-refractivity contribution in [3.8, 4) is 0 Å². The molecular weight excluding hydrogens is 150 g/mol. The minimum Gasteiger partial charge on any atom is -0.466 e. The molecule has 0 saturated heterocycles. The second-order valence-corrected chi connectivity index (χ2v) is 3.01. The van der Waals surface area contributed by atoms with Crippen LogP contribution in [0.3, 0.4) is 0 Å². The Labute approximate surface area is 73.8 Å². The maximum Gasteiger partial charge on any atom is 0.104 e. The predicted octanol–water partition coefficient (Wildman–Crippen LogP) is 2.12. The van der Waals surface area contributed by atoms with Crippen LogP contribution in [0.15, 0.2) is 16.5 Å². The van der Waals surface area contributed by atoms with Gasteiger partial charge in [-0.1, -0.05) is 6.92 Å². The van der Waals surface area contributed by atoms with Crippen molar-refractivity contribution in [1.82, 2.24) is 0 Å². The molecule has 0 fully saturated rings. The molecule has 0 aliphatic rings. The third-order valence-electron chi connectivity index (χ3n) is 1.84. The SMILES string of the molecule is CCCc1ccc(CCCN)o1. The highest BCUT2D eigenvalue weighted by Gasteiger charge is 1.99. The molecule has 0 unspecified atom stereocenters. The lowest BCUT2D eigenvalue weighted by Crippen LogP contribution is -1.99. The van der Waals surface area contributed by atoms with Gasteiger partial charge in [0, 0.05) is 12.8 Å². The van der Waals surface area contributed by atoms with E-state index in [0.717, 1.165) is 43.7 Å². The van der Waals surface area contributed by atoms with Crippen LogP contribution in [0.2, 0.25) is 0 Å². The van der Waals surface area contributed by atoms with Gasteiger partial charge >= 0.3 is 0 Å². The van der Waals surface area contributed by atoms with Crippen molar-refractivity contribution < 1.29 is 4.42 Å². The van der Waals surface area contributed by atoms with Crippen molar-refractivity contribution in [2.75, 3.05) is 6.54 Å². The molecule has 0 aliphatic carbocycles. The molecule has 2 N–H and O–H groups in total. The van der Waals surface area contributed by atoms with Crippen molar-refractivity contribution in [1.29, 1.82) is 0 Å². The summed E-state index contributed by atoms with van der Waals surface area (Å²) in [6, 6.07) is 4.12. The van der Waals surface area contributed by atoms with Crippen molar-refractivity contribution in [2.45, 2.75) is 32.6 Å². The van der Waals surface area contributed by atoms with Gasteiger partial charge in [0.05, 0.1) is 0 Å². The lowest BCUT2D eigenvalue weighted by atomic mass is 10.2. The first-order valence-corrected chi connectivity index (χ1v) is 4.64. The van der Waals surface area contributed by atoms with Crippen molar-refractivity contribution in [2.24, 2.45) is 5.73 Å². The molecule has 0 bridgehead atoms. The van der Waals surface area contributed by atoms with Gasteiger partial charge in [0.15, 0.2) is 0 Å². The molecule has 0 radical (unpaired) electrons. The van der Waals surface area contributed by atoms with E-state index in [9.17, 15) is 0 Å². The topological polar surface area (TPSA) is 39.2 Å². The number of aryl methyl sites for hydroxylation is 2. The standard InChI is InChI=1S/C10H17NO/c1-2-4-9-6-7-10(12-9)5-3-8-11/h6-7H,2-5,8,11H2,1H3. The van der Waals surface area contributed by atoms with Gasteiger partial charge in [-0.25, -0.2) is 0 Å². The quantitative estimate of drug-likeness (QED) is 0.729. The summed E-state index contributed by atoms with van der Waals surface area (Å²) < 4.78 is 5.57. The van der Waals surface area contributed by atoms with Gasteiger partial charge in [-0.05, 0) is 31.5 Å². The van der Waals surface area contributed by atoms with E-state index in [-0.39, 0.29) is 0 Å². The molecule has 1 aromatic rings. The summed E-state index contributed by atoms with van der Waals surface area (Å²) >= 11 is 0. The zero-order chi connectivity index (χ0) is 8.81. The van der Waals surface area contributed by atoms with E-state index >= 15 is 0 Å². The summed E-state index contributed by atoms with van der Waals surface area (Å²) in [7, 11) is 0. The van der Waals surface area contributed by atoms with Gasteiger partial charge in [-0.3, -0.25) is 0 Å². The van der Waals surface area contributed by atoms with Gasteiger partial charge in [-0.15, -0.1) is 0 Å². The third kappa shape index (κ3) is 2.70. The van der Waals surface area contributed by atoms with E-state index in [1.54, 1.807) is 0 Å². The molecule has 0 aromatic carbocycles. The lowest BCUT2D eigenvalue weighted by molar-refractivity contribution is 0.458. The predicted molar refractivity (Wildman–Crippen MR) is 50.1 cm³/mol. The third-order valence-corrected chi connectivity index (χ3v) is 1.84. The molecule has 1 aromatic heterocycles. The molecule has 68 valence electrons.